The summed E-state index contributed by atoms with van der Waals surface area (Å²) < 4.78 is 30.3. The molecule has 1 amide bonds. The molecule has 0 saturated carbocycles. The van der Waals surface area contributed by atoms with Crippen molar-refractivity contribution < 1.29 is 17.9 Å². The number of benzene rings is 2. The van der Waals surface area contributed by atoms with Crippen molar-refractivity contribution >= 4 is 21.6 Å². The van der Waals surface area contributed by atoms with Crippen LogP contribution in [0.25, 0.3) is 0 Å². The van der Waals surface area contributed by atoms with Crippen molar-refractivity contribution in [2.24, 2.45) is 0 Å². The van der Waals surface area contributed by atoms with E-state index in [2.05, 4.69) is 5.32 Å². The Balaban J connectivity index is 1.82. The second kappa shape index (κ2) is 9.24. The number of carbonyl (C=O) groups excluding carboxylic acids is 1. The molecule has 2 aromatic rings. The lowest BCUT2D eigenvalue weighted by Gasteiger charge is -2.22. The lowest BCUT2D eigenvalue weighted by Crippen LogP contribution is -2.35. The average molecular weight is 376 g/mol. The molecule has 0 heterocycles. The van der Waals surface area contributed by atoms with Gasteiger partial charge in [0.2, 0.25) is 15.9 Å². The monoisotopic (exact) mass is 376 g/mol. The van der Waals surface area contributed by atoms with E-state index in [1.807, 2.05) is 30.3 Å². The Kier molecular flexibility index (Phi) is 7.03. The molecule has 0 aliphatic rings. The van der Waals surface area contributed by atoms with Gasteiger partial charge >= 0.3 is 0 Å². The number of rotatable bonds is 9. The van der Waals surface area contributed by atoms with Gasteiger partial charge in [-0.05, 0) is 36.2 Å². The van der Waals surface area contributed by atoms with E-state index in [0.717, 1.165) is 17.6 Å². The van der Waals surface area contributed by atoms with Gasteiger partial charge in [0.15, 0.2) is 0 Å². The van der Waals surface area contributed by atoms with Gasteiger partial charge in [-0.25, -0.2) is 8.42 Å². The molecule has 6 nitrogen and oxygen atoms in total. The Morgan fingerprint density at radius 3 is 2.31 bits per heavy atom. The molecule has 0 fully saturated rings. The highest BCUT2D eigenvalue weighted by Crippen LogP contribution is 2.17. The zero-order valence-corrected chi connectivity index (χ0v) is 15.8. The molecule has 0 unspecified atom stereocenters. The van der Waals surface area contributed by atoms with Gasteiger partial charge in [0.1, 0.15) is 5.75 Å². The number of ether oxygens (including phenoxy) is 1. The summed E-state index contributed by atoms with van der Waals surface area (Å²) in [6.07, 6.45) is 1.94. The van der Waals surface area contributed by atoms with Gasteiger partial charge in [0.05, 0.1) is 19.1 Å². The van der Waals surface area contributed by atoms with Crippen molar-refractivity contribution in [1.82, 2.24) is 5.32 Å². The van der Waals surface area contributed by atoms with Crippen LogP contribution in [0.2, 0.25) is 0 Å². The summed E-state index contributed by atoms with van der Waals surface area (Å²) >= 11 is 0. The van der Waals surface area contributed by atoms with Crippen molar-refractivity contribution in [2.45, 2.75) is 12.8 Å². The largest absolute Gasteiger partial charge is 0.497 e. The minimum absolute atomic E-state index is 0.102. The zero-order chi connectivity index (χ0) is 19.0. The van der Waals surface area contributed by atoms with Gasteiger partial charge in [-0.2, -0.15) is 0 Å². The fourth-order valence-electron chi connectivity index (χ4n) is 2.51. The quantitative estimate of drug-likeness (QED) is 0.728. The first-order valence-corrected chi connectivity index (χ1v) is 10.2. The first-order chi connectivity index (χ1) is 12.4. The van der Waals surface area contributed by atoms with Crippen molar-refractivity contribution in [1.29, 1.82) is 0 Å². The van der Waals surface area contributed by atoms with Crippen LogP contribution < -0.4 is 14.4 Å². The second-order valence-corrected chi connectivity index (χ2v) is 7.78. The third-order valence-corrected chi connectivity index (χ3v) is 5.08. The summed E-state index contributed by atoms with van der Waals surface area (Å²) in [5.41, 5.74) is 1.65. The third-order valence-electron chi connectivity index (χ3n) is 3.88. The Morgan fingerprint density at radius 1 is 1.08 bits per heavy atom. The molecule has 0 saturated heterocycles. The summed E-state index contributed by atoms with van der Waals surface area (Å²) in [7, 11) is -1.83. The molecule has 140 valence electrons. The number of methoxy groups -OCH3 is 1. The van der Waals surface area contributed by atoms with E-state index in [-0.39, 0.29) is 18.9 Å². The van der Waals surface area contributed by atoms with E-state index in [1.54, 1.807) is 31.4 Å². The number of nitrogens with one attached hydrogen (secondary N) is 1. The smallest absolute Gasteiger partial charge is 0.232 e. The molecular formula is C19H24N2O4S. The molecule has 0 spiro atoms. The first kappa shape index (κ1) is 19.8. The number of para-hydroxylation sites is 1. The van der Waals surface area contributed by atoms with Crippen molar-refractivity contribution in [3.05, 3.63) is 60.2 Å². The van der Waals surface area contributed by atoms with Crippen LogP contribution in [-0.4, -0.2) is 40.8 Å². The lowest BCUT2D eigenvalue weighted by molar-refractivity contribution is -0.120. The lowest BCUT2D eigenvalue weighted by atomic mass is 10.1. The first-order valence-electron chi connectivity index (χ1n) is 8.32. The fourth-order valence-corrected chi connectivity index (χ4v) is 3.44. The minimum Gasteiger partial charge on any atom is -0.497 e. The standard InChI is InChI=1S/C19H24N2O4S/c1-25-18-10-8-16(9-11-18)12-14-20-19(22)13-15-21(26(2,23)24)17-6-4-3-5-7-17/h3-11H,12-15H2,1-2H3,(H,20,22). The number of hydrogen-bond acceptors (Lipinski definition) is 4. The van der Waals surface area contributed by atoms with Gasteiger partial charge in [-0.3, -0.25) is 9.10 Å². The number of hydrogen-bond donors (Lipinski definition) is 1. The van der Waals surface area contributed by atoms with Gasteiger partial charge in [0.25, 0.3) is 0 Å². The summed E-state index contributed by atoms with van der Waals surface area (Å²) in [6.45, 7) is 0.604. The molecule has 0 atom stereocenters. The average Bonchev–Trinajstić information content (AvgIpc) is 2.62. The van der Waals surface area contributed by atoms with Crippen molar-refractivity contribution in [3.8, 4) is 5.75 Å². The van der Waals surface area contributed by atoms with E-state index in [0.29, 0.717) is 18.7 Å². The molecule has 0 bridgehead atoms. The predicted molar refractivity (Wildman–Crippen MR) is 103 cm³/mol. The Morgan fingerprint density at radius 2 is 1.73 bits per heavy atom. The maximum absolute atomic E-state index is 12.0. The SMILES string of the molecule is COc1ccc(CCNC(=O)CCN(c2ccccc2)S(C)(=O)=O)cc1. The van der Waals surface area contributed by atoms with Gasteiger partial charge in [0, 0.05) is 19.5 Å². The van der Waals surface area contributed by atoms with Crippen molar-refractivity contribution in [2.75, 3.05) is 30.8 Å². The van der Waals surface area contributed by atoms with E-state index in [9.17, 15) is 13.2 Å². The molecule has 7 heteroatoms. The molecule has 0 aliphatic heterocycles. The molecule has 1 N–H and O–H groups in total. The Bertz CT molecular complexity index is 805. The van der Waals surface area contributed by atoms with E-state index >= 15 is 0 Å². The van der Waals surface area contributed by atoms with Crippen LogP contribution >= 0.6 is 0 Å². The molecule has 0 aliphatic carbocycles. The minimum atomic E-state index is -3.44. The van der Waals surface area contributed by atoms with Gasteiger partial charge in [-0.15, -0.1) is 0 Å². The topological polar surface area (TPSA) is 75.7 Å². The van der Waals surface area contributed by atoms with E-state index in [1.165, 1.54) is 4.31 Å². The highest BCUT2D eigenvalue weighted by Gasteiger charge is 2.18. The molecule has 26 heavy (non-hydrogen) atoms. The predicted octanol–water partition coefficient (Wildman–Crippen LogP) is 2.21. The van der Waals surface area contributed by atoms with E-state index < -0.39 is 10.0 Å². The van der Waals surface area contributed by atoms with Crippen LogP contribution in [0, 0.1) is 0 Å². The number of nitrogens with zero attached hydrogens (tertiary/aromatic N) is 1. The second-order valence-electron chi connectivity index (χ2n) is 5.87. The summed E-state index contributed by atoms with van der Waals surface area (Å²) in [5, 5.41) is 2.83. The van der Waals surface area contributed by atoms with Gasteiger partial charge < -0.3 is 10.1 Å². The van der Waals surface area contributed by atoms with Crippen molar-refractivity contribution in [3.63, 3.8) is 0 Å². The van der Waals surface area contributed by atoms with Crippen LogP contribution in [0.4, 0.5) is 5.69 Å². The van der Waals surface area contributed by atoms with Crippen LogP contribution in [0.3, 0.4) is 0 Å². The van der Waals surface area contributed by atoms with E-state index in [4.69, 9.17) is 4.74 Å². The van der Waals surface area contributed by atoms with Crippen LogP contribution in [0.1, 0.15) is 12.0 Å². The number of amides is 1. The van der Waals surface area contributed by atoms with Crippen LogP contribution in [-0.2, 0) is 21.2 Å². The molecule has 0 radical (unpaired) electrons. The number of sulfonamides is 1. The highest BCUT2D eigenvalue weighted by atomic mass is 32.2. The normalized spacial score (nSPS) is 11.0. The maximum Gasteiger partial charge on any atom is 0.232 e. The molecule has 2 aromatic carbocycles. The Hall–Kier alpha value is -2.54. The summed E-state index contributed by atoms with van der Waals surface area (Å²) in [6, 6.07) is 16.4. The van der Waals surface area contributed by atoms with Crippen LogP contribution in [0.15, 0.2) is 54.6 Å². The number of anilines is 1. The fraction of sp³-hybridized carbons (Fsp3) is 0.316. The van der Waals surface area contributed by atoms with Gasteiger partial charge in [-0.1, -0.05) is 30.3 Å². The van der Waals surface area contributed by atoms with Crippen LogP contribution in [0.5, 0.6) is 5.75 Å². The molecule has 0 aromatic heterocycles. The third kappa shape index (κ3) is 6.07. The highest BCUT2D eigenvalue weighted by molar-refractivity contribution is 7.92. The Labute approximate surface area is 154 Å². The summed E-state index contributed by atoms with van der Waals surface area (Å²) in [5.74, 6) is 0.614. The maximum atomic E-state index is 12.0. The number of carbonyl (C=O) groups is 1. The zero-order valence-electron chi connectivity index (χ0n) is 15.0. The molecule has 2 rings (SSSR count). The summed E-state index contributed by atoms with van der Waals surface area (Å²) in [4.78, 5) is 12.0. The molecular weight excluding hydrogens is 352 g/mol.